The van der Waals surface area contributed by atoms with Crippen molar-refractivity contribution in [3.63, 3.8) is 0 Å². The highest BCUT2D eigenvalue weighted by atomic mass is 35.5. The number of hydrogen-bond acceptors (Lipinski definition) is 6. The number of halogens is 1. The van der Waals surface area contributed by atoms with Gasteiger partial charge >= 0.3 is 0 Å². The number of nitrogens with two attached hydrogens (primary N) is 1. The van der Waals surface area contributed by atoms with Crippen LogP contribution in [0.3, 0.4) is 0 Å². The van der Waals surface area contributed by atoms with Crippen molar-refractivity contribution in [1.82, 2.24) is 14.7 Å². The van der Waals surface area contributed by atoms with E-state index in [0.717, 1.165) is 42.8 Å². The Morgan fingerprint density at radius 1 is 0.941 bits per heavy atom. The second kappa shape index (κ2) is 11.0. The van der Waals surface area contributed by atoms with Gasteiger partial charge in [0.2, 0.25) is 0 Å². The van der Waals surface area contributed by atoms with Crippen LogP contribution in [0.15, 0.2) is 34.5 Å². The van der Waals surface area contributed by atoms with Crippen molar-refractivity contribution >= 4 is 23.3 Å². The predicted molar refractivity (Wildman–Crippen MR) is 142 cm³/mol. The number of piperazine rings is 1. The van der Waals surface area contributed by atoms with Gasteiger partial charge in [0.05, 0.1) is 6.42 Å². The van der Waals surface area contributed by atoms with E-state index in [1.165, 1.54) is 63.5 Å². The minimum atomic E-state index is 0.549. The Hall–Kier alpha value is -1.63. The van der Waals surface area contributed by atoms with E-state index in [2.05, 4.69) is 44.1 Å². The number of hydrogen-bond donors (Lipinski definition) is 1. The standard InChI is InChI=1S/C27H41ClN6/c1-32-18-25(16-21-7-9-22(28)10-8-21)34(19-24(32)15-20-5-3-2-4-6-20)23-11-13-33(14-12-23)27-17-26(29)30-31-27/h7-10,20,23-25H,2-6,11-19H2,1H3,(H2,29,30)/t24-,25-/m0/s1. The van der Waals surface area contributed by atoms with Crippen LogP contribution in [0.1, 0.15) is 63.4 Å². The van der Waals surface area contributed by atoms with Gasteiger partial charge in [-0.1, -0.05) is 55.8 Å². The molecule has 5 rings (SSSR count). The molecular formula is C27H41ClN6. The largest absolute Gasteiger partial charge is 0.385 e. The molecule has 3 fully saturated rings. The van der Waals surface area contributed by atoms with Crippen LogP contribution in [0.25, 0.3) is 0 Å². The Morgan fingerprint density at radius 2 is 1.68 bits per heavy atom. The van der Waals surface area contributed by atoms with E-state index in [9.17, 15) is 0 Å². The summed E-state index contributed by atoms with van der Waals surface area (Å²) in [7, 11) is 2.37. The first-order valence-corrected chi connectivity index (χ1v) is 13.8. The average Bonchev–Trinajstić information content (AvgIpc) is 3.29. The lowest BCUT2D eigenvalue weighted by molar-refractivity contribution is -0.00881. The van der Waals surface area contributed by atoms with E-state index in [1.54, 1.807) is 0 Å². The van der Waals surface area contributed by atoms with Crippen molar-refractivity contribution in [2.45, 2.75) is 82.3 Å². The minimum absolute atomic E-state index is 0.549. The lowest BCUT2D eigenvalue weighted by Crippen LogP contribution is -2.62. The van der Waals surface area contributed by atoms with Gasteiger partial charge in [-0.15, -0.1) is 10.2 Å². The molecule has 3 aliphatic heterocycles. The zero-order valence-electron chi connectivity index (χ0n) is 20.7. The zero-order chi connectivity index (χ0) is 23.5. The van der Waals surface area contributed by atoms with Gasteiger partial charge in [-0.3, -0.25) is 4.90 Å². The normalized spacial score (nSPS) is 28.2. The van der Waals surface area contributed by atoms with E-state index >= 15 is 0 Å². The van der Waals surface area contributed by atoms with Crippen LogP contribution in [-0.2, 0) is 6.42 Å². The predicted octanol–water partition coefficient (Wildman–Crippen LogP) is 4.38. The van der Waals surface area contributed by atoms with Crippen molar-refractivity contribution < 1.29 is 0 Å². The van der Waals surface area contributed by atoms with Crippen molar-refractivity contribution in [2.75, 3.05) is 33.2 Å². The van der Waals surface area contributed by atoms with E-state index in [0.29, 0.717) is 30.4 Å². The molecule has 6 nitrogen and oxygen atoms in total. The molecule has 2 N–H and O–H groups in total. The summed E-state index contributed by atoms with van der Waals surface area (Å²) in [5.74, 6) is 2.62. The Bertz CT molecular complexity index is 870. The lowest BCUT2D eigenvalue weighted by Gasteiger charge is -2.51. The molecule has 1 saturated carbocycles. The molecule has 0 radical (unpaired) electrons. The summed E-state index contributed by atoms with van der Waals surface area (Å²) in [5, 5.41) is 9.19. The summed E-state index contributed by atoms with van der Waals surface area (Å²) in [6.45, 7) is 4.46. The summed E-state index contributed by atoms with van der Waals surface area (Å²) in [6, 6.07) is 10.3. The maximum Gasteiger partial charge on any atom is 0.135 e. The fourth-order valence-electron chi connectivity index (χ4n) is 6.69. The maximum atomic E-state index is 6.17. The maximum absolute atomic E-state index is 6.17. The molecule has 4 aliphatic rings. The molecule has 1 aliphatic carbocycles. The Kier molecular flexibility index (Phi) is 7.77. The van der Waals surface area contributed by atoms with Gasteiger partial charge in [-0.05, 0) is 56.3 Å². The highest BCUT2D eigenvalue weighted by molar-refractivity contribution is 6.30. The van der Waals surface area contributed by atoms with Crippen LogP contribution in [0.5, 0.6) is 0 Å². The SMILES string of the molecule is CN1C[C@H](Cc2ccc(Cl)cc2)N(C2CCN(C3=NN=C(N)C3)CC2)C[C@@H]1CC1CCCCC1. The van der Waals surface area contributed by atoms with Crippen LogP contribution in [0, 0.1) is 5.92 Å². The molecule has 0 spiro atoms. The van der Waals surface area contributed by atoms with E-state index < -0.39 is 0 Å². The molecule has 2 atom stereocenters. The molecule has 0 aromatic heterocycles. The smallest absolute Gasteiger partial charge is 0.135 e. The number of rotatable bonds is 5. The number of benzene rings is 1. The number of likely N-dealkylation sites (N-methyl/N-ethyl adjacent to an activating group) is 1. The summed E-state index contributed by atoms with van der Waals surface area (Å²) in [6.07, 6.45) is 12.7. The van der Waals surface area contributed by atoms with Gasteiger partial charge in [0.15, 0.2) is 0 Å². The first kappa shape index (κ1) is 24.1. The quantitative estimate of drug-likeness (QED) is 0.673. The topological polar surface area (TPSA) is 60.5 Å². The molecule has 2 saturated heterocycles. The molecule has 3 heterocycles. The van der Waals surface area contributed by atoms with Gasteiger partial charge in [-0.2, -0.15) is 0 Å². The second-order valence-electron chi connectivity index (χ2n) is 11.0. The monoisotopic (exact) mass is 484 g/mol. The van der Waals surface area contributed by atoms with Crippen LogP contribution in [0.4, 0.5) is 0 Å². The highest BCUT2D eigenvalue weighted by Gasteiger charge is 2.38. The van der Waals surface area contributed by atoms with Gasteiger partial charge in [0, 0.05) is 49.3 Å². The van der Waals surface area contributed by atoms with Gasteiger partial charge in [0.25, 0.3) is 0 Å². The van der Waals surface area contributed by atoms with Crippen molar-refractivity contribution in [3.05, 3.63) is 34.9 Å². The Morgan fingerprint density at radius 3 is 2.35 bits per heavy atom. The van der Waals surface area contributed by atoms with E-state index in [-0.39, 0.29) is 0 Å². The number of piperidine rings is 1. The van der Waals surface area contributed by atoms with Crippen LogP contribution in [-0.4, -0.2) is 77.7 Å². The van der Waals surface area contributed by atoms with E-state index in [4.69, 9.17) is 17.3 Å². The fraction of sp³-hybridized carbons (Fsp3) is 0.704. The number of nitrogens with zero attached hydrogens (tertiary/aromatic N) is 5. The fourth-order valence-corrected chi connectivity index (χ4v) is 6.81. The Balaban J connectivity index is 1.26. The second-order valence-corrected chi connectivity index (χ2v) is 11.5. The van der Waals surface area contributed by atoms with Crippen LogP contribution in [0.2, 0.25) is 5.02 Å². The third-order valence-corrected chi connectivity index (χ3v) is 8.91. The average molecular weight is 485 g/mol. The molecule has 7 heteroatoms. The first-order valence-electron chi connectivity index (χ1n) is 13.4. The third-order valence-electron chi connectivity index (χ3n) is 8.66. The molecule has 0 amide bonds. The van der Waals surface area contributed by atoms with Gasteiger partial charge < -0.3 is 15.5 Å². The summed E-state index contributed by atoms with van der Waals surface area (Å²) >= 11 is 6.17. The van der Waals surface area contributed by atoms with Crippen molar-refractivity contribution in [2.24, 2.45) is 21.9 Å². The number of likely N-dealkylation sites (tertiary alicyclic amines) is 1. The summed E-state index contributed by atoms with van der Waals surface area (Å²) < 4.78 is 0. The first-order chi connectivity index (χ1) is 16.5. The highest BCUT2D eigenvalue weighted by Crippen LogP contribution is 2.32. The molecule has 0 unspecified atom stereocenters. The lowest BCUT2D eigenvalue weighted by atomic mass is 9.83. The Labute approximate surface area is 210 Å². The van der Waals surface area contributed by atoms with Crippen LogP contribution < -0.4 is 5.73 Å². The molecule has 0 bridgehead atoms. The molecule has 186 valence electrons. The number of amidine groups is 2. The molecule has 1 aromatic carbocycles. The van der Waals surface area contributed by atoms with Crippen molar-refractivity contribution in [1.29, 1.82) is 0 Å². The summed E-state index contributed by atoms with van der Waals surface area (Å²) in [5.41, 5.74) is 7.26. The van der Waals surface area contributed by atoms with Gasteiger partial charge in [0.1, 0.15) is 11.7 Å². The molecule has 1 aromatic rings. The van der Waals surface area contributed by atoms with Crippen molar-refractivity contribution in [3.8, 4) is 0 Å². The van der Waals surface area contributed by atoms with Gasteiger partial charge in [-0.25, -0.2) is 0 Å². The molecular weight excluding hydrogens is 444 g/mol. The van der Waals surface area contributed by atoms with E-state index in [1.807, 2.05) is 12.1 Å². The third kappa shape index (κ3) is 5.77. The molecule has 34 heavy (non-hydrogen) atoms. The zero-order valence-corrected chi connectivity index (χ0v) is 21.5. The summed E-state index contributed by atoms with van der Waals surface area (Å²) in [4.78, 5) is 7.97. The minimum Gasteiger partial charge on any atom is -0.385 e. The van der Waals surface area contributed by atoms with Crippen LogP contribution >= 0.6 is 11.6 Å².